The second kappa shape index (κ2) is 12.8. The largest absolute Gasteiger partial charge is 0.496 e. The molecule has 0 aliphatic carbocycles. The van der Waals surface area contributed by atoms with Crippen molar-refractivity contribution < 1.29 is 28.6 Å². The Hall–Kier alpha value is -4.43. The third-order valence-corrected chi connectivity index (χ3v) is 7.41. The fourth-order valence-corrected chi connectivity index (χ4v) is 5.42. The average molecular weight is 559 g/mol. The summed E-state index contributed by atoms with van der Waals surface area (Å²) in [7, 11) is 5.54. The number of amides is 1. The first-order chi connectivity index (χ1) is 19.7. The van der Waals surface area contributed by atoms with Crippen LogP contribution in [-0.4, -0.2) is 49.7 Å². The van der Waals surface area contributed by atoms with Crippen LogP contribution < -0.4 is 15.2 Å². The fourth-order valence-electron chi connectivity index (χ4n) is 5.42. The topological polar surface area (TPSA) is 102 Å². The Morgan fingerprint density at radius 1 is 1.02 bits per heavy atom. The Labute approximate surface area is 239 Å². The fraction of sp³-hybridized carbons (Fsp3) is 0.273. The third-order valence-electron chi connectivity index (χ3n) is 7.41. The van der Waals surface area contributed by atoms with Crippen molar-refractivity contribution >= 4 is 22.6 Å². The van der Waals surface area contributed by atoms with E-state index in [1.54, 1.807) is 27.2 Å². The van der Waals surface area contributed by atoms with Crippen LogP contribution in [0.2, 0.25) is 0 Å². The standard InChI is InChI=1S/C25H27NO4.C8H8FNO/c1-26-13-12-17-14-22(29-2)24(25(30-3)21(17)15-26)20-9-5-7-18-16(10-11-23(27)28)6-4-8-19(18)20;1-5-3-2-4-6(9)7(5)8(10)11/h4-9,14H,10-13,15H2,1-3H3,(H,27,28);2-4H,1H3,(H2,10,11). The number of ether oxygens (including phenoxy) is 2. The number of fused-ring (bicyclic) bond motifs is 2. The summed E-state index contributed by atoms with van der Waals surface area (Å²) in [5.74, 6) is -0.402. The molecule has 214 valence electrons. The number of carbonyl (C=O) groups excluding carboxylic acids is 1. The van der Waals surface area contributed by atoms with Crippen molar-refractivity contribution in [2.24, 2.45) is 5.73 Å². The van der Waals surface area contributed by atoms with E-state index in [-0.39, 0.29) is 12.0 Å². The van der Waals surface area contributed by atoms with E-state index in [1.807, 2.05) is 18.2 Å². The van der Waals surface area contributed by atoms with Crippen molar-refractivity contribution in [3.63, 3.8) is 0 Å². The summed E-state index contributed by atoms with van der Waals surface area (Å²) < 4.78 is 24.6. The molecular weight excluding hydrogens is 523 g/mol. The van der Waals surface area contributed by atoms with Gasteiger partial charge < -0.3 is 25.2 Å². The van der Waals surface area contributed by atoms with Gasteiger partial charge in [-0.1, -0.05) is 48.5 Å². The molecule has 1 aliphatic rings. The van der Waals surface area contributed by atoms with Gasteiger partial charge in [-0.25, -0.2) is 4.39 Å². The van der Waals surface area contributed by atoms with Crippen LogP contribution in [0.5, 0.6) is 11.5 Å². The number of benzene rings is 4. The highest BCUT2D eigenvalue weighted by Crippen LogP contribution is 2.46. The minimum atomic E-state index is -0.787. The number of halogens is 1. The minimum absolute atomic E-state index is 0.0208. The Bertz CT molecular complexity index is 1580. The van der Waals surface area contributed by atoms with Crippen molar-refractivity contribution in [2.75, 3.05) is 27.8 Å². The molecule has 4 aromatic rings. The van der Waals surface area contributed by atoms with E-state index < -0.39 is 17.7 Å². The number of primary amides is 1. The zero-order chi connectivity index (χ0) is 29.7. The minimum Gasteiger partial charge on any atom is -0.496 e. The van der Waals surface area contributed by atoms with Gasteiger partial charge in [-0.2, -0.15) is 0 Å². The lowest BCUT2D eigenvalue weighted by Gasteiger charge is -2.29. The number of aryl methyl sites for hydroxylation is 2. The SMILES string of the molecule is COc1cc2c(c(OC)c1-c1cccc3c(CCC(=O)O)cccc13)CN(C)CC2.Cc1cccc(F)c1C(N)=O. The molecule has 7 nitrogen and oxygen atoms in total. The number of nitrogens with two attached hydrogens (primary N) is 1. The Balaban J connectivity index is 0.000000296. The highest BCUT2D eigenvalue weighted by atomic mass is 19.1. The van der Waals surface area contributed by atoms with Gasteiger partial charge >= 0.3 is 5.97 Å². The lowest BCUT2D eigenvalue weighted by atomic mass is 9.89. The molecule has 0 bridgehead atoms. The van der Waals surface area contributed by atoms with Gasteiger partial charge in [0.25, 0.3) is 5.91 Å². The second-order valence-corrected chi connectivity index (χ2v) is 10.1. The summed E-state index contributed by atoms with van der Waals surface area (Å²) in [6.07, 6.45) is 1.58. The van der Waals surface area contributed by atoms with Crippen molar-refractivity contribution in [1.82, 2.24) is 4.90 Å². The lowest BCUT2D eigenvalue weighted by molar-refractivity contribution is -0.136. The van der Waals surface area contributed by atoms with Crippen molar-refractivity contribution in [2.45, 2.75) is 32.7 Å². The van der Waals surface area contributed by atoms with Gasteiger partial charge in [-0.05, 0) is 72.0 Å². The first-order valence-corrected chi connectivity index (χ1v) is 13.4. The maximum Gasteiger partial charge on any atom is 0.303 e. The number of carboxylic acid groups (broad SMARTS) is 1. The number of likely N-dealkylation sites (N-methyl/N-ethyl adjacent to an activating group) is 1. The lowest BCUT2D eigenvalue weighted by Crippen LogP contribution is -2.27. The van der Waals surface area contributed by atoms with Gasteiger partial charge in [0.2, 0.25) is 0 Å². The third kappa shape index (κ3) is 6.33. The number of hydrogen-bond donors (Lipinski definition) is 2. The molecule has 5 rings (SSSR count). The molecule has 41 heavy (non-hydrogen) atoms. The average Bonchev–Trinajstić information content (AvgIpc) is 2.94. The summed E-state index contributed by atoms with van der Waals surface area (Å²) in [5, 5.41) is 11.2. The Morgan fingerprint density at radius 3 is 2.37 bits per heavy atom. The van der Waals surface area contributed by atoms with Gasteiger partial charge in [0.1, 0.15) is 17.3 Å². The smallest absolute Gasteiger partial charge is 0.303 e. The maximum absolute atomic E-state index is 12.8. The van der Waals surface area contributed by atoms with Crippen LogP contribution in [-0.2, 0) is 24.2 Å². The zero-order valence-corrected chi connectivity index (χ0v) is 23.8. The molecule has 0 saturated carbocycles. The highest BCUT2D eigenvalue weighted by Gasteiger charge is 2.25. The van der Waals surface area contributed by atoms with Crippen molar-refractivity contribution in [3.8, 4) is 22.6 Å². The van der Waals surface area contributed by atoms with E-state index >= 15 is 0 Å². The molecule has 0 atom stereocenters. The quantitative estimate of drug-likeness (QED) is 0.299. The normalized spacial score (nSPS) is 12.7. The van der Waals surface area contributed by atoms with Crippen LogP contribution in [0.4, 0.5) is 4.39 Å². The van der Waals surface area contributed by atoms with Gasteiger partial charge in [-0.3, -0.25) is 9.59 Å². The number of aliphatic carboxylic acids is 1. The molecule has 1 amide bonds. The van der Waals surface area contributed by atoms with E-state index in [1.165, 1.54) is 23.3 Å². The molecule has 1 heterocycles. The van der Waals surface area contributed by atoms with Crippen LogP contribution in [0.15, 0.2) is 60.7 Å². The molecule has 0 fully saturated rings. The molecule has 8 heteroatoms. The molecule has 3 N–H and O–H groups in total. The summed E-state index contributed by atoms with van der Waals surface area (Å²) in [6.45, 7) is 3.49. The number of hydrogen-bond acceptors (Lipinski definition) is 5. The van der Waals surface area contributed by atoms with Crippen molar-refractivity contribution in [3.05, 3.63) is 94.3 Å². The van der Waals surface area contributed by atoms with Gasteiger partial charge in [0.15, 0.2) is 0 Å². The summed E-state index contributed by atoms with van der Waals surface area (Å²) >= 11 is 0. The Kier molecular flexibility index (Phi) is 9.24. The number of methoxy groups -OCH3 is 2. The monoisotopic (exact) mass is 558 g/mol. The van der Waals surface area contributed by atoms with Crippen LogP contribution in [0, 0.1) is 12.7 Å². The molecular formula is C33H35FN2O5. The van der Waals surface area contributed by atoms with E-state index in [0.29, 0.717) is 12.0 Å². The van der Waals surface area contributed by atoms with Crippen molar-refractivity contribution in [1.29, 1.82) is 0 Å². The molecule has 0 radical (unpaired) electrons. The molecule has 4 aromatic carbocycles. The van der Waals surface area contributed by atoms with E-state index in [9.17, 15) is 14.0 Å². The Morgan fingerprint density at radius 2 is 1.73 bits per heavy atom. The predicted molar refractivity (Wildman–Crippen MR) is 158 cm³/mol. The number of carbonyl (C=O) groups is 2. The van der Waals surface area contributed by atoms with E-state index in [2.05, 4.69) is 36.2 Å². The first-order valence-electron chi connectivity index (χ1n) is 13.4. The van der Waals surface area contributed by atoms with Crippen LogP contribution in [0.3, 0.4) is 0 Å². The van der Waals surface area contributed by atoms with Gasteiger partial charge in [0, 0.05) is 25.1 Å². The van der Waals surface area contributed by atoms with Crippen LogP contribution >= 0.6 is 0 Å². The number of carboxylic acids is 1. The molecule has 0 saturated heterocycles. The maximum atomic E-state index is 12.8. The van der Waals surface area contributed by atoms with Crippen LogP contribution in [0.25, 0.3) is 21.9 Å². The van der Waals surface area contributed by atoms with Gasteiger partial charge in [-0.15, -0.1) is 0 Å². The molecule has 1 aliphatic heterocycles. The molecule has 0 unspecified atom stereocenters. The predicted octanol–water partition coefficient (Wildman–Crippen LogP) is 5.76. The second-order valence-electron chi connectivity index (χ2n) is 10.1. The van der Waals surface area contributed by atoms with Gasteiger partial charge in [0.05, 0.1) is 25.3 Å². The van der Waals surface area contributed by atoms with E-state index in [0.717, 1.165) is 58.5 Å². The molecule has 0 spiro atoms. The zero-order valence-electron chi connectivity index (χ0n) is 23.8. The summed E-state index contributed by atoms with van der Waals surface area (Å²) in [5.41, 5.74) is 11.0. The summed E-state index contributed by atoms with van der Waals surface area (Å²) in [4.78, 5) is 24.0. The van der Waals surface area contributed by atoms with E-state index in [4.69, 9.17) is 20.3 Å². The molecule has 0 aromatic heterocycles. The van der Waals surface area contributed by atoms with Crippen LogP contribution in [0.1, 0.15) is 39.0 Å². The number of nitrogens with zero attached hydrogens (tertiary/aromatic N) is 1. The number of rotatable bonds is 7. The highest BCUT2D eigenvalue weighted by molar-refractivity contribution is 6.01. The summed E-state index contributed by atoms with van der Waals surface area (Å²) in [6, 6.07) is 18.8. The first kappa shape index (κ1) is 29.6.